The number of rotatable bonds is 7. The molecule has 1 N–H and O–H groups in total. The average molecular weight is 293 g/mol. The minimum absolute atomic E-state index is 0.155. The summed E-state index contributed by atoms with van der Waals surface area (Å²) < 4.78 is 5.21. The lowest BCUT2D eigenvalue weighted by Crippen LogP contribution is -2.22. The Morgan fingerprint density at radius 1 is 1.52 bits per heavy atom. The largest absolute Gasteiger partial charge is 0.384 e. The van der Waals surface area contributed by atoms with Gasteiger partial charge in [0.15, 0.2) is 0 Å². The van der Waals surface area contributed by atoms with Crippen LogP contribution in [0.15, 0.2) is 18.2 Å². The van der Waals surface area contributed by atoms with Gasteiger partial charge in [0.2, 0.25) is 0 Å². The number of nitrogens with one attached hydrogen (secondary N) is 1. The van der Waals surface area contributed by atoms with Gasteiger partial charge >= 0.3 is 0 Å². The Kier molecular flexibility index (Phi) is 5.52. The molecule has 6 heteroatoms. The lowest BCUT2D eigenvalue weighted by atomic mass is 10.1. The highest BCUT2D eigenvalue weighted by Crippen LogP contribution is 2.30. The smallest absolute Gasteiger partial charge is 0.292 e. The minimum Gasteiger partial charge on any atom is -0.384 e. The molecule has 0 saturated carbocycles. The van der Waals surface area contributed by atoms with E-state index in [1.165, 1.54) is 0 Å². The summed E-state index contributed by atoms with van der Waals surface area (Å²) in [5.41, 5.74) is 1.80. The van der Waals surface area contributed by atoms with E-state index in [0.717, 1.165) is 38.2 Å². The zero-order chi connectivity index (χ0) is 15.2. The number of benzene rings is 1. The molecule has 2 rings (SSSR count). The van der Waals surface area contributed by atoms with E-state index in [4.69, 9.17) is 4.74 Å². The zero-order valence-corrected chi connectivity index (χ0v) is 12.7. The summed E-state index contributed by atoms with van der Waals surface area (Å²) in [6, 6.07) is 5.28. The van der Waals surface area contributed by atoms with Crippen LogP contribution >= 0.6 is 0 Å². The Hall–Kier alpha value is -1.66. The molecule has 0 spiro atoms. The van der Waals surface area contributed by atoms with Crippen LogP contribution < -0.4 is 5.32 Å². The van der Waals surface area contributed by atoms with Crippen molar-refractivity contribution >= 4 is 11.4 Å². The first-order valence-corrected chi connectivity index (χ1v) is 7.37. The molecule has 1 aromatic carbocycles. The van der Waals surface area contributed by atoms with Crippen LogP contribution in [-0.2, 0) is 11.3 Å². The zero-order valence-electron chi connectivity index (χ0n) is 12.7. The van der Waals surface area contributed by atoms with Crippen LogP contribution in [-0.4, -0.2) is 43.2 Å². The number of nitrogens with zero attached hydrogens (tertiary/aromatic N) is 2. The van der Waals surface area contributed by atoms with Crippen molar-refractivity contribution in [2.24, 2.45) is 5.92 Å². The maximum absolute atomic E-state index is 11.2. The van der Waals surface area contributed by atoms with E-state index in [2.05, 4.69) is 10.2 Å². The first-order chi connectivity index (χ1) is 10.2. The van der Waals surface area contributed by atoms with Crippen molar-refractivity contribution in [2.75, 3.05) is 38.7 Å². The Bertz CT molecular complexity index is 493. The third kappa shape index (κ3) is 3.92. The Morgan fingerprint density at radius 2 is 2.33 bits per heavy atom. The minimum atomic E-state index is -0.320. The van der Waals surface area contributed by atoms with Crippen LogP contribution in [0.4, 0.5) is 11.4 Å². The fourth-order valence-corrected chi connectivity index (χ4v) is 2.92. The number of likely N-dealkylation sites (tertiary alicyclic amines) is 1. The average Bonchev–Trinajstić information content (AvgIpc) is 2.88. The van der Waals surface area contributed by atoms with Gasteiger partial charge in [0.25, 0.3) is 5.69 Å². The summed E-state index contributed by atoms with van der Waals surface area (Å²) in [4.78, 5) is 13.2. The first kappa shape index (κ1) is 15.7. The van der Waals surface area contributed by atoms with Gasteiger partial charge in [-0.2, -0.15) is 0 Å². The van der Waals surface area contributed by atoms with Crippen LogP contribution in [0, 0.1) is 16.0 Å². The van der Waals surface area contributed by atoms with Crippen molar-refractivity contribution < 1.29 is 9.66 Å². The lowest BCUT2D eigenvalue weighted by Gasteiger charge is -2.18. The molecule has 1 unspecified atom stereocenters. The molecule has 0 aromatic heterocycles. The molecule has 6 nitrogen and oxygen atoms in total. The maximum atomic E-state index is 11.2. The summed E-state index contributed by atoms with van der Waals surface area (Å²) in [6.45, 7) is 6.15. The van der Waals surface area contributed by atoms with Gasteiger partial charge < -0.3 is 10.1 Å². The predicted octanol–water partition coefficient (Wildman–Crippen LogP) is 2.49. The van der Waals surface area contributed by atoms with Crippen LogP contribution in [0.1, 0.15) is 18.9 Å². The van der Waals surface area contributed by atoms with Crippen LogP contribution in [0.2, 0.25) is 0 Å². The molecule has 1 aliphatic heterocycles. The van der Waals surface area contributed by atoms with Gasteiger partial charge in [-0.1, -0.05) is 12.1 Å². The maximum Gasteiger partial charge on any atom is 0.292 e. The standard InChI is InChI=1S/C15H23N3O3/c1-3-16-15-13(5-4-6-14(15)18(19)20)10-17-8-7-12(9-17)11-21-2/h4-6,12,16H,3,7-11H2,1-2H3. The Balaban J connectivity index is 2.12. The highest BCUT2D eigenvalue weighted by atomic mass is 16.6. The number of hydrogen-bond acceptors (Lipinski definition) is 5. The lowest BCUT2D eigenvalue weighted by molar-refractivity contribution is -0.384. The number of para-hydroxylation sites is 1. The second-order valence-electron chi connectivity index (χ2n) is 5.44. The third-order valence-corrected chi connectivity index (χ3v) is 3.85. The number of nitro groups is 1. The second kappa shape index (κ2) is 7.38. The topological polar surface area (TPSA) is 67.6 Å². The predicted molar refractivity (Wildman–Crippen MR) is 82.5 cm³/mol. The van der Waals surface area contributed by atoms with Crippen molar-refractivity contribution in [2.45, 2.75) is 19.9 Å². The molecular weight excluding hydrogens is 270 g/mol. The van der Waals surface area contributed by atoms with Crippen LogP contribution in [0.25, 0.3) is 0 Å². The van der Waals surface area contributed by atoms with E-state index in [1.807, 2.05) is 13.0 Å². The van der Waals surface area contributed by atoms with Crippen molar-refractivity contribution in [3.05, 3.63) is 33.9 Å². The molecule has 1 atom stereocenters. The SMILES string of the molecule is CCNc1c(CN2CCC(COC)C2)cccc1[N+](=O)[O-]. The molecule has 0 aliphatic carbocycles. The third-order valence-electron chi connectivity index (χ3n) is 3.85. The van der Waals surface area contributed by atoms with Crippen molar-refractivity contribution in [3.8, 4) is 0 Å². The summed E-state index contributed by atoms with van der Waals surface area (Å²) in [6.07, 6.45) is 1.12. The van der Waals surface area contributed by atoms with E-state index < -0.39 is 0 Å². The summed E-state index contributed by atoms with van der Waals surface area (Å²) in [5.74, 6) is 0.566. The Morgan fingerprint density at radius 3 is 3.00 bits per heavy atom. The molecule has 1 aromatic rings. The van der Waals surface area contributed by atoms with E-state index >= 15 is 0 Å². The molecule has 0 amide bonds. The van der Waals surface area contributed by atoms with Gasteiger partial charge in [-0.25, -0.2) is 0 Å². The van der Waals surface area contributed by atoms with Gasteiger partial charge in [-0.05, 0) is 31.4 Å². The Labute approximate surface area is 125 Å². The molecule has 21 heavy (non-hydrogen) atoms. The van der Waals surface area contributed by atoms with Gasteiger partial charge in [0.05, 0.1) is 11.5 Å². The van der Waals surface area contributed by atoms with E-state index in [9.17, 15) is 10.1 Å². The molecule has 1 saturated heterocycles. The molecule has 0 radical (unpaired) electrons. The van der Waals surface area contributed by atoms with Crippen molar-refractivity contribution in [1.82, 2.24) is 4.90 Å². The van der Waals surface area contributed by atoms with Gasteiger partial charge in [0.1, 0.15) is 5.69 Å². The number of nitro benzene ring substituents is 1. The number of methoxy groups -OCH3 is 1. The molecular formula is C15H23N3O3. The highest BCUT2D eigenvalue weighted by molar-refractivity contribution is 5.66. The second-order valence-corrected chi connectivity index (χ2v) is 5.44. The van der Waals surface area contributed by atoms with E-state index in [-0.39, 0.29) is 10.6 Å². The normalized spacial score (nSPS) is 18.9. The fourth-order valence-electron chi connectivity index (χ4n) is 2.92. The van der Waals surface area contributed by atoms with Crippen molar-refractivity contribution in [1.29, 1.82) is 0 Å². The molecule has 1 heterocycles. The number of hydrogen-bond donors (Lipinski definition) is 1. The number of anilines is 1. The first-order valence-electron chi connectivity index (χ1n) is 7.37. The van der Waals surface area contributed by atoms with Gasteiger partial charge in [-0.3, -0.25) is 15.0 Å². The highest BCUT2D eigenvalue weighted by Gasteiger charge is 2.24. The quantitative estimate of drug-likeness (QED) is 0.618. The summed E-state index contributed by atoms with van der Waals surface area (Å²) in [5, 5.41) is 14.3. The monoisotopic (exact) mass is 293 g/mol. The van der Waals surface area contributed by atoms with Gasteiger partial charge in [-0.15, -0.1) is 0 Å². The summed E-state index contributed by atoms with van der Waals surface area (Å²) in [7, 11) is 1.73. The van der Waals surface area contributed by atoms with Crippen molar-refractivity contribution in [3.63, 3.8) is 0 Å². The van der Waals surface area contributed by atoms with Gasteiger partial charge in [0, 0.05) is 32.8 Å². The fraction of sp³-hybridized carbons (Fsp3) is 0.600. The van der Waals surface area contributed by atoms with E-state index in [0.29, 0.717) is 18.2 Å². The summed E-state index contributed by atoms with van der Waals surface area (Å²) >= 11 is 0. The molecule has 1 aliphatic rings. The van der Waals surface area contributed by atoms with E-state index in [1.54, 1.807) is 19.2 Å². The molecule has 1 fully saturated rings. The van der Waals surface area contributed by atoms with Crippen LogP contribution in [0.5, 0.6) is 0 Å². The van der Waals surface area contributed by atoms with Crippen LogP contribution in [0.3, 0.4) is 0 Å². The number of ether oxygens (including phenoxy) is 1. The molecule has 0 bridgehead atoms. The molecule has 116 valence electrons.